The number of hydrogen-bond donors (Lipinski definition) is 0. The number of rotatable bonds is 0. The second-order valence-corrected chi connectivity index (χ2v) is 3.06. The van der Waals surface area contributed by atoms with Crippen LogP contribution in [0.4, 0.5) is 4.39 Å². The Morgan fingerprint density at radius 3 is 2.83 bits per heavy atom. The van der Waals surface area contributed by atoms with Gasteiger partial charge in [0.05, 0.1) is 11.3 Å². The van der Waals surface area contributed by atoms with E-state index in [1.165, 1.54) is 6.08 Å². The van der Waals surface area contributed by atoms with Gasteiger partial charge in [-0.2, -0.15) is 0 Å². The third-order valence-electron chi connectivity index (χ3n) is 1.63. The van der Waals surface area contributed by atoms with Gasteiger partial charge in [-0.15, -0.1) is 0 Å². The smallest absolute Gasteiger partial charge is 0.222 e. The van der Waals surface area contributed by atoms with Crippen molar-refractivity contribution in [1.29, 1.82) is 0 Å². The lowest BCUT2D eigenvalue weighted by atomic mass is 10.3. The fourth-order valence-electron chi connectivity index (χ4n) is 1.12. The topological polar surface area (TPSA) is 25.8 Å². The van der Waals surface area contributed by atoms with E-state index in [0.717, 1.165) is 0 Å². The zero-order chi connectivity index (χ0) is 8.72. The van der Waals surface area contributed by atoms with E-state index < -0.39 is 0 Å². The average Bonchev–Trinajstić information content (AvgIpc) is 2.31. The largest absolute Gasteiger partial charge is 0.224 e. The van der Waals surface area contributed by atoms with Gasteiger partial charge in [-0.25, -0.2) is 14.4 Å². The molecule has 1 aromatic heterocycles. The molecular weight excluding hydrogens is 202 g/mol. The van der Waals surface area contributed by atoms with Crippen LogP contribution in [0.25, 0.3) is 5.83 Å². The number of allylic oxidation sites excluding steroid dienone is 1. The van der Waals surface area contributed by atoms with E-state index in [1.807, 2.05) is 0 Å². The minimum Gasteiger partial charge on any atom is -0.222 e. The van der Waals surface area contributed by atoms with Crippen LogP contribution >= 0.6 is 23.2 Å². The number of aromatic nitrogens is 2. The fraction of sp³-hybridized carbons (Fsp3) is 0.143. The van der Waals surface area contributed by atoms with Crippen LogP contribution in [0.5, 0.6) is 0 Å². The van der Waals surface area contributed by atoms with Gasteiger partial charge in [-0.05, 0) is 17.7 Å². The summed E-state index contributed by atoms with van der Waals surface area (Å²) in [7, 11) is 0. The normalized spacial score (nSPS) is 14.4. The average molecular weight is 205 g/mol. The predicted molar refractivity (Wildman–Crippen MR) is 44.8 cm³/mol. The van der Waals surface area contributed by atoms with Crippen molar-refractivity contribution in [2.45, 2.75) is 6.42 Å². The van der Waals surface area contributed by atoms with Crippen molar-refractivity contribution in [3.8, 4) is 0 Å². The van der Waals surface area contributed by atoms with Crippen LogP contribution in [0.15, 0.2) is 6.08 Å². The Kier molecular flexibility index (Phi) is 1.77. The number of hydrogen-bond acceptors (Lipinski definition) is 2. The molecule has 0 saturated heterocycles. The minimum absolute atomic E-state index is 0.0573. The molecule has 0 radical (unpaired) electrons. The highest BCUT2D eigenvalue weighted by molar-refractivity contribution is 6.33. The van der Waals surface area contributed by atoms with E-state index >= 15 is 0 Å². The molecule has 0 atom stereocenters. The first kappa shape index (κ1) is 7.95. The zero-order valence-corrected chi connectivity index (χ0v) is 7.32. The molecule has 12 heavy (non-hydrogen) atoms. The van der Waals surface area contributed by atoms with Gasteiger partial charge in [-0.3, -0.25) is 0 Å². The van der Waals surface area contributed by atoms with Crippen LogP contribution in [-0.2, 0) is 6.42 Å². The lowest BCUT2D eigenvalue weighted by Crippen LogP contribution is -1.94. The van der Waals surface area contributed by atoms with Gasteiger partial charge in [0.25, 0.3) is 0 Å². The van der Waals surface area contributed by atoms with Gasteiger partial charge < -0.3 is 0 Å². The number of fused-ring (bicyclic) bond motifs is 1. The monoisotopic (exact) mass is 204 g/mol. The molecule has 0 saturated carbocycles. The SMILES string of the molecule is FC1=CCc2nc(Cl)nc(Cl)c21. The maximum Gasteiger partial charge on any atom is 0.224 e. The van der Waals surface area contributed by atoms with Gasteiger partial charge in [0, 0.05) is 6.42 Å². The van der Waals surface area contributed by atoms with E-state index in [2.05, 4.69) is 9.97 Å². The van der Waals surface area contributed by atoms with Gasteiger partial charge in [-0.1, -0.05) is 11.6 Å². The van der Waals surface area contributed by atoms with Crippen LogP contribution in [0.3, 0.4) is 0 Å². The summed E-state index contributed by atoms with van der Waals surface area (Å²) in [6.07, 6.45) is 1.84. The van der Waals surface area contributed by atoms with Crippen LogP contribution in [-0.4, -0.2) is 9.97 Å². The first-order valence-corrected chi connectivity index (χ1v) is 4.02. The molecule has 2 rings (SSSR count). The van der Waals surface area contributed by atoms with Crippen LogP contribution in [0, 0.1) is 0 Å². The third kappa shape index (κ3) is 1.09. The Labute approximate surface area is 78.0 Å². The molecule has 0 N–H and O–H groups in total. The van der Waals surface area contributed by atoms with Crippen LogP contribution in [0.2, 0.25) is 10.4 Å². The highest BCUT2D eigenvalue weighted by atomic mass is 35.5. The van der Waals surface area contributed by atoms with Crippen LogP contribution in [0.1, 0.15) is 11.3 Å². The Morgan fingerprint density at radius 2 is 2.08 bits per heavy atom. The maximum atomic E-state index is 13.0. The molecule has 0 unspecified atom stereocenters. The van der Waals surface area contributed by atoms with Crippen LogP contribution < -0.4 is 0 Å². The second kappa shape index (κ2) is 2.68. The summed E-state index contributed by atoms with van der Waals surface area (Å²) in [5, 5.41) is 0.137. The minimum atomic E-state index is -0.369. The molecule has 1 aliphatic rings. The Balaban J connectivity index is 2.67. The summed E-state index contributed by atoms with van der Waals surface area (Å²) < 4.78 is 13.0. The molecular formula is C7H3Cl2FN2. The standard InChI is InChI=1S/C7H3Cl2FN2/c8-6-5-3(10)1-2-4(5)11-7(9)12-6/h1H,2H2. The van der Waals surface area contributed by atoms with Crippen molar-refractivity contribution in [2.75, 3.05) is 0 Å². The van der Waals surface area contributed by atoms with Gasteiger partial charge in [0.1, 0.15) is 11.0 Å². The molecule has 0 spiro atoms. The lowest BCUT2D eigenvalue weighted by molar-refractivity contribution is 0.761. The summed E-state index contributed by atoms with van der Waals surface area (Å²) in [5.74, 6) is -0.369. The Hall–Kier alpha value is -0.670. The molecule has 1 aromatic rings. The molecule has 0 aromatic carbocycles. The summed E-state index contributed by atoms with van der Waals surface area (Å²) in [6, 6.07) is 0. The van der Waals surface area contributed by atoms with E-state index in [1.54, 1.807) is 0 Å². The summed E-state index contributed by atoms with van der Waals surface area (Å²) in [4.78, 5) is 7.48. The summed E-state index contributed by atoms with van der Waals surface area (Å²) in [5.41, 5.74) is 0.832. The first-order chi connectivity index (χ1) is 5.68. The van der Waals surface area contributed by atoms with Crippen molar-refractivity contribution < 1.29 is 4.39 Å². The molecule has 0 amide bonds. The summed E-state index contributed by atoms with van der Waals surface area (Å²) >= 11 is 11.2. The van der Waals surface area contributed by atoms with Crippen molar-refractivity contribution in [2.24, 2.45) is 0 Å². The van der Waals surface area contributed by atoms with E-state index in [9.17, 15) is 4.39 Å². The second-order valence-electron chi connectivity index (χ2n) is 2.36. The van der Waals surface area contributed by atoms with Gasteiger partial charge >= 0.3 is 0 Å². The molecule has 62 valence electrons. The highest BCUT2D eigenvalue weighted by Crippen LogP contribution is 2.32. The first-order valence-electron chi connectivity index (χ1n) is 3.26. The number of halogens is 3. The highest BCUT2D eigenvalue weighted by Gasteiger charge is 2.20. The fourth-order valence-corrected chi connectivity index (χ4v) is 1.63. The predicted octanol–water partition coefficient (Wildman–Crippen LogP) is 2.65. The lowest BCUT2D eigenvalue weighted by Gasteiger charge is -2.00. The summed E-state index contributed by atoms with van der Waals surface area (Å²) in [6.45, 7) is 0. The quantitative estimate of drug-likeness (QED) is 0.480. The van der Waals surface area contributed by atoms with E-state index in [-0.39, 0.29) is 21.8 Å². The van der Waals surface area contributed by atoms with E-state index in [4.69, 9.17) is 23.2 Å². The maximum absolute atomic E-state index is 13.0. The molecule has 0 fully saturated rings. The Morgan fingerprint density at radius 1 is 1.33 bits per heavy atom. The van der Waals surface area contributed by atoms with Crippen molar-refractivity contribution >= 4 is 29.0 Å². The third-order valence-corrected chi connectivity index (χ3v) is 2.07. The molecule has 1 heterocycles. The number of nitrogens with zero attached hydrogens (tertiary/aromatic N) is 2. The molecule has 0 aliphatic heterocycles. The molecule has 2 nitrogen and oxygen atoms in total. The Bertz CT molecular complexity index is 376. The van der Waals surface area contributed by atoms with Crippen molar-refractivity contribution in [3.05, 3.63) is 27.8 Å². The molecule has 0 bridgehead atoms. The van der Waals surface area contributed by atoms with Gasteiger partial charge in [0.2, 0.25) is 5.28 Å². The molecule has 5 heteroatoms. The van der Waals surface area contributed by atoms with Gasteiger partial charge in [0.15, 0.2) is 0 Å². The van der Waals surface area contributed by atoms with E-state index in [0.29, 0.717) is 12.1 Å². The molecule has 1 aliphatic carbocycles. The zero-order valence-electron chi connectivity index (χ0n) is 5.81. The van der Waals surface area contributed by atoms with Crippen molar-refractivity contribution in [1.82, 2.24) is 9.97 Å². The van der Waals surface area contributed by atoms with Crippen molar-refractivity contribution in [3.63, 3.8) is 0 Å².